The van der Waals surface area contributed by atoms with E-state index in [0.717, 1.165) is 50.4 Å². The number of halogens is 1. The van der Waals surface area contributed by atoms with Crippen LogP contribution in [0, 0.1) is 12.7 Å². The Morgan fingerprint density at radius 3 is 2.39 bits per heavy atom. The first-order chi connectivity index (χ1) is 15.1. The van der Waals surface area contributed by atoms with Crippen LogP contribution in [-0.4, -0.2) is 48.4 Å². The lowest BCUT2D eigenvalue weighted by Crippen LogP contribution is -2.46. The summed E-state index contributed by atoms with van der Waals surface area (Å²) in [5.41, 5.74) is 3.91. The first-order valence-corrected chi connectivity index (χ1v) is 11.2. The molecule has 1 saturated heterocycles. The highest BCUT2D eigenvalue weighted by Gasteiger charge is 2.19. The molecule has 164 valence electrons. The number of nitrogens with zero attached hydrogens (tertiary/aromatic N) is 3. The Labute approximate surface area is 184 Å². The van der Waals surface area contributed by atoms with Crippen molar-refractivity contribution in [1.82, 2.24) is 9.88 Å². The van der Waals surface area contributed by atoms with Crippen molar-refractivity contribution in [1.29, 1.82) is 0 Å². The number of aryl methyl sites for hydroxylation is 1. The maximum absolute atomic E-state index is 13.0. The second kappa shape index (κ2) is 11.0. The molecule has 0 N–H and O–H groups in total. The van der Waals surface area contributed by atoms with Crippen molar-refractivity contribution in [2.75, 3.05) is 37.6 Å². The lowest BCUT2D eigenvalue weighted by Gasteiger charge is -2.36. The molecule has 2 heterocycles. The number of Topliss-reactive ketones (excluding diaryl/α,β-unsaturated/α-hetero) is 1. The van der Waals surface area contributed by atoms with Crippen LogP contribution in [0.25, 0.3) is 10.9 Å². The Balaban J connectivity index is 0.00000132. The zero-order valence-electron chi connectivity index (χ0n) is 18.8. The van der Waals surface area contributed by atoms with Gasteiger partial charge in [0.05, 0.1) is 11.2 Å². The third kappa shape index (κ3) is 5.88. The molecule has 0 radical (unpaired) electrons. The fourth-order valence-corrected chi connectivity index (χ4v) is 3.94. The van der Waals surface area contributed by atoms with E-state index in [0.29, 0.717) is 12.0 Å². The van der Waals surface area contributed by atoms with Crippen LogP contribution in [0.2, 0.25) is 0 Å². The van der Waals surface area contributed by atoms with Crippen LogP contribution in [0.15, 0.2) is 54.6 Å². The summed E-state index contributed by atoms with van der Waals surface area (Å²) in [4.78, 5) is 21.8. The molecule has 1 aliphatic heterocycles. The predicted octanol–water partition coefficient (Wildman–Crippen LogP) is 5.49. The van der Waals surface area contributed by atoms with Crippen LogP contribution >= 0.6 is 0 Å². The molecule has 0 bridgehead atoms. The van der Waals surface area contributed by atoms with Crippen molar-refractivity contribution in [2.45, 2.75) is 33.6 Å². The van der Waals surface area contributed by atoms with E-state index < -0.39 is 0 Å². The molecule has 0 atom stereocenters. The summed E-state index contributed by atoms with van der Waals surface area (Å²) in [6.07, 6.45) is 1.32. The number of aromatic nitrogens is 1. The van der Waals surface area contributed by atoms with E-state index in [1.54, 1.807) is 12.1 Å². The van der Waals surface area contributed by atoms with Crippen LogP contribution in [0.3, 0.4) is 0 Å². The Hall–Kier alpha value is -2.79. The molecule has 1 aromatic heterocycles. The SMILES string of the molecule is CC.Cc1ccc2cccc(N3CCN(CCCC(=O)c4ccc(F)cc4)CC3)c2n1. The Morgan fingerprint density at radius 1 is 0.968 bits per heavy atom. The average Bonchev–Trinajstić information content (AvgIpc) is 2.81. The summed E-state index contributed by atoms with van der Waals surface area (Å²) in [6, 6.07) is 16.4. The normalized spacial score (nSPS) is 14.3. The number of fused-ring (bicyclic) bond motifs is 1. The Morgan fingerprint density at radius 2 is 1.68 bits per heavy atom. The van der Waals surface area contributed by atoms with Crippen molar-refractivity contribution in [3.63, 3.8) is 0 Å². The van der Waals surface area contributed by atoms with Gasteiger partial charge in [-0.25, -0.2) is 4.39 Å². The quantitative estimate of drug-likeness (QED) is 0.493. The van der Waals surface area contributed by atoms with Gasteiger partial charge in [0.1, 0.15) is 5.82 Å². The number of hydrogen-bond donors (Lipinski definition) is 0. The summed E-state index contributed by atoms with van der Waals surface area (Å²) >= 11 is 0. The number of pyridine rings is 1. The Bertz CT molecular complexity index is 995. The van der Waals surface area contributed by atoms with E-state index >= 15 is 0 Å². The summed E-state index contributed by atoms with van der Waals surface area (Å²) < 4.78 is 13.0. The number of para-hydroxylation sites is 1. The van der Waals surface area contributed by atoms with Crippen molar-refractivity contribution in [2.24, 2.45) is 0 Å². The van der Waals surface area contributed by atoms with Gasteiger partial charge in [-0.1, -0.05) is 32.0 Å². The average molecular weight is 422 g/mol. The molecule has 1 aliphatic rings. The summed E-state index contributed by atoms with van der Waals surface area (Å²) in [5.74, 6) is -0.225. The van der Waals surface area contributed by atoms with Gasteiger partial charge in [0.15, 0.2) is 5.78 Å². The van der Waals surface area contributed by atoms with Crippen LogP contribution in [0.1, 0.15) is 42.7 Å². The van der Waals surface area contributed by atoms with Crippen LogP contribution in [-0.2, 0) is 0 Å². The molecule has 4 nitrogen and oxygen atoms in total. The second-order valence-corrected chi connectivity index (χ2v) is 7.66. The smallest absolute Gasteiger partial charge is 0.162 e. The first kappa shape index (κ1) is 22.9. The summed E-state index contributed by atoms with van der Waals surface area (Å²) in [5, 5.41) is 1.18. The second-order valence-electron chi connectivity index (χ2n) is 7.66. The maximum Gasteiger partial charge on any atom is 0.162 e. The maximum atomic E-state index is 13.0. The van der Waals surface area contributed by atoms with E-state index in [-0.39, 0.29) is 11.6 Å². The van der Waals surface area contributed by atoms with E-state index in [1.165, 1.54) is 23.2 Å². The standard InChI is InChI=1S/C24H26FN3O.C2H6/c1-18-7-8-20-4-2-5-22(24(20)26-18)28-16-14-27(15-17-28)13-3-6-23(29)19-9-11-21(25)12-10-19;1-2/h2,4-5,7-12H,3,6,13-17H2,1H3;1-2H3. The monoisotopic (exact) mass is 421 g/mol. The fourth-order valence-electron chi connectivity index (χ4n) is 3.94. The number of carbonyl (C=O) groups is 1. The van der Waals surface area contributed by atoms with Gasteiger partial charge in [-0.05, 0) is 56.3 Å². The minimum absolute atomic E-state index is 0.0841. The van der Waals surface area contributed by atoms with E-state index in [4.69, 9.17) is 4.98 Å². The van der Waals surface area contributed by atoms with Gasteiger partial charge in [-0.2, -0.15) is 0 Å². The molecule has 0 aliphatic carbocycles. The number of anilines is 1. The molecule has 0 unspecified atom stereocenters. The predicted molar refractivity (Wildman–Crippen MR) is 126 cm³/mol. The number of benzene rings is 2. The van der Waals surface area contributed by atoms with Crippen molar-refractivity contribution in [3.05, 3.63) is 71.7 Å². The van der Waals surface area contributed by atoms with Gasteiger partial charge in [0, 0.05) is 49.2 Å². The zero-order chi connectivity index (χ0) is 22.2. The minimum Gasteiger partial charge on any atom is -0.367 e. The van der Waals surface area contributed by atoms with Gasteiger partial charge < -0.3 is 4.90 Å². The molecule has 0 saturated carbocycles. The number of rotatable bonds is 6. The highest BCUT2D eigenvalue weighted by molar-refractivity contribution is 5.96. The number of carbonyl (C=O) groups excluding carboxylic acids is 1. The van der Waals surface area contributed by atoms with Crippen LogP contribution in [0.5, 0.6) is 0 Å². The Kier molecular flexibility index (Phi) is 8.13. The molecule has 1 fully saturated rings. The fraction of sp³-hybridized carbons (Fsp3) is 0.385. The van der Waals surface area contributed by atoms with Gasteiger partial charge >= 0.3 is 0 Å². The minimum atomic E-state index is -0.309. The molecular weight excluding hydrogens is 389 g/mol. The molecule has 31 heavy (non-hydrogen) atoms. The van der Waals surface area contributed by atoms with Crippen LogP contribution < -0.4 is 4.90 Å². The first-order valence-electron chi connectivity index (χ1n) is 11.2. The van der Waals surface area contributed by atoms with Crippen molar-refractivity contribution >= 4 is 22.4 Å². The van der Waals surface area contributed by atoms with Crippen molar-refractivity contribution < 1.29 is 9.18 Å². The highest BCUT2D eigenvalue weighted by atomic mass is 19.1. The molecule has 0 amide bonds. The number of hydrogen-bond acceptors (Lipinski definition) is 4. The largest absolute Gasteiger partial charge is 0.367 e. The van der Waals surface area contributed by atoms with Crippen LogP contribution in [0.4, 0.5) is 10.1 Å². The number of ketones is 1. The lowest BCUT2D eigenvalue weighted by molar-refractivity contribution is 0.0974. The molecule has 2 aromatic carbocycles. The van der Waals surface area contributed by atoms with Gasteiger partial charge in [0.25, 0.3) is 0 Å². The van der Waals surface area contributed by atoms with E-state index in [9.17, 15) is 9.18 Å². The number of piperazine rings is 1. The third-order valence-corrected chi connectivity index (χ3v) is 5.60. The molecule has 4 rings (SSSR count). The zero-order valence-corrected chi connectivity index (χ0v) is 18.8. The molecule has 0 spiro atoms. The molecular formula is C26H32FN3O. The van der Waals surface area contributed by atoms with E-state index in [2.05, 4.69) is 40.1 Å². The van der Waals surface area contributed by atoms with Gasteiger partial charge in [-0.3, -0.25) is 14.7 Å². The van der Waals surface area contributed by atoms with E-state index in [1.807, 2.05) is 20.8 Å². The summed E-state index contributed by atoms with van der Waals surface area (Å²) in [6.45, 7) is 10.8. The topological polar surface area (TPSA) is 36.4 Å². The summed E-state index contributed by atoms with van der Waals surface area (Å²) in [7, 11) is 0. The van der Waals surface area contributed by atoms with Gasteiger partial charge in [-0.15, -0.1) is 0 Å². The third-order valence-electron chi connectivity index (χ3n) is 5.60. The molecule has 3 aromatic rings. The lowest BCUT2D eigenvalue weighted by atomic mass is 10.1. The van der Waals surface area contributed by atoms with Gasteiger partial charge in [0.2, 0.25) is 0 Å². The highest BCUT2D eigenvalue weighted by Crippen LogP contribution is 2.26. The molecule has 5 heteroatoms. The van der Waals surface area contributed by atoms with Crippen molar-refractivity contribution in [3.8, 4) is 0 Å².